The molecule has 6 heterocycles. The Morgan fingerprint density at radius 3 is 2.79 bits per heavy atom. The molecule has 0 aliphatic carbocycles. The van der Waals surface area contributed by atoms with Gasteiger partial charge >= 0.3 is 6.01 Å². The van der Waals surface area contributed by atoms with Gasteiger partial charge in [-0.3, -0.25) is 4.90 Å². The molecular weight excluding hydrogens is 622 g/mol. The van der Waals surface area contributed by atoms with Crippen molar-refractivity contribution < 1.29 is 27.4 Å². The van der Waals surface area contributed by atoms with Gasteiger partial charge in [0.15, 0.2) is 5.82 Å². The highest BCUT2D eigenvalue weighted by molar-refractivity contribution is 6.05. The van der Waals surface area contributed by atoms with Crippen molar-refractivity contribution in [3.05, 3.63) is 52.8 Å². The standard InChI is InChI=1S/C37H35F4N5O2/c1-2-23-26(39)9-7-19-13-22(47)14-25(29(19)23)30-32(40)24-5-3-6-28-27-10-8-21(42-27)17-46(28)35-31(24)34(33(30)41)43-36(44-35)48-18-37-11-4-12-45(37)16-20(38)15-37/h1,7,9,13-14,20-21,27-28,42,47H,3-6,8,10-12,15-18H2/t20-,21-,27+,28-,37+/m1/s1. The largest absolute Gasteiger partial charge is 0.508 e. The van der Waals surface area contributed by atoms with Crippen molar-refractivity contribution in [1.82, 2.24) is 20.2 Å². The maximum atomic E-state index is 17.2. The van der Waals surface area contributed by atoms with Crippen LogP contribution in [0.5, 0.6) is 11.8 Å². The Bertz CT molecular complexity index is 2050. The minimum atomic E-state index is -0.973. The molecule has 5 atom stereocenters. The number of benzene rings is 3. The number of rotatable bonds is 4. The zero-order valence-corrected chi connectivity index (χ0v) is 26.3. The second-order valence-corrected chi connectivity index (χ2v) is 14.2. The number of terminal acetylenes is 1. The molecule has 1 aromatic heterocycles. The molecule has 48 heavy (non-hydrogen) atoms. The molecule has 0 radical (unpaired) electrons. The number of aromatic hydroxyl groups is 1. The van der Waals surface area contributed by atoms with Crippen LogP contribution in [-0.4, -0.2) is 76.1 Å². The molecule has 5 aliphatic heterocycles. The number of hydrogen-bond donors (Lipinski definition) is 2. The van der Waals surface area contributed by atoms with Crippen LogP contribution < -0.4 is 15.0 Å². The zero-order valence-electron chi connectivity index (χ0n) is 26.3. The van der Waals surface area contributed by atoms with E-state index in [2.05, 4.69) is 26.0 Å². The van der Waals surface area contributed by atoms with Gasteiger partial charge in [-0.05, 0) is 75.1 Å². The van der Waals surface area contributed by atoms with Gasteiger partial charge in [-0.25, -0.2) is 17.6 Å². The number of phenols is 1. The van der Waals surface area contributed by atoms with E-state index in [1.54, 1.807) is 0 Å². The normalized spacial score (nSPS) is 27.9. The van der Waals surface area contributed by atoms with Crippen LogP contribution >= 0.6 is 0 Å². The number of nitrogens with zero attached hydrogens (tertiary/aromatic N) is 4. The van der Waals surface area contributed by atoms with Crippen LogP contribution in [0.1, 0.15) is 56.1 Å². The molecule has 11 heteroatoms. The molecule has 3 aromatic carbocycles. The summed E-state index contributed by atoms with van der Waals surface area (Å²) in [5.74, 6) is 0.0311. The Kier molecular flexibility index (Phi) is 6.83. The third-order valence-electron chi connectivity index (χ3n) is 11.5. The molecule has 9 rings (SSSR count). The van der Waals surface area contributed by atoms with E-state index in [4.69, 9.17) is 16.1 Å². The van der Waals surface area contributed by atoms with Crippen molar-refractivity contribution in [3.8, 4) is 35.2 Å². The van der Waals surface area contributed by atoms with E-state index >= 15 is 13.2 Å². The van der Waals surface area contributed by atoms with E-state index in [0.29, 0.717) is 48.9 Å². The van der Waals surface area contributed by atoms with Crippen molar-refractivity contribution in [2.24, 2.45) is 0 Å². The van der Waals surface area contributed by atoms with Gasteiger partial charge < -0.3 is 20.1 Å². The van der Waals surface area contributed by atoms with Crippen molar-refractivity contribution in [1.29, 1.82) is 0 Å². The molecule has 2 N–H and O–H groups in total. The second-order valence-electron chi connectivity index (χ2n) is 14.2. The predicted molar refractivity (Wildman–Crippen MR) is 175 cm³/mol. The van der Waals surface area contributed by atoms with Gasteiger partial charge in [-0.2, -0.15) is 9.97 Å². The van der Waals surface area contributed by atoms with E-state index < -0.39 is 34.7 Å². The highest BCUT2D eigenvalue weighted by Gasteiger charge is 2.50. The number of aryl methyl sites for hydroxylation is 1. The van der Waals surface area contributed by atoms with E-state index in [9.17, 15) is 9.50 Å². The summed E-state index contributed by atoms with van der Waals surface area (Å²) < 4.78 is 70.2. The number of nitrogens with one attached hydrogen (secondary N) is 1. The minimum Gasteiger partial charge on any atom is -0.508 e. The van der Waals surface area contributed by atoms with Crippen LogP contribution in [0.15, 0.2) is 24.3 Å². The second kappa shape index (κ2) is 10.9. The summed E-state index contributed by atoms with van der Waals surface area (Å²) >= 11 is 0. The zero-order chi connectivity index (χ0) is 32.9. The summed E-state index contributed by atoms with van der Waals surface area (Å²) in [5, 5.41) is 15.2. The highest BCUT2D eigenvalue weighted by Crippen LogP contribution is 2.46. The van der Waals surface area contributed by atoms with Crippen LogP contribution in [0.4, 0.5) is 23.4 Å². The van der Waals surface area contributed by atoms with Gasteiger partial charge in [-0.15, -0.1) is 6.42 Å². The van der Waals surface area contributed by atoms with Gasteiger partial charge in [0.25, 0.3) is 0 Å². The van der Waals surface area contributed by atoms with E-state index in [0.717, 1.165) is 38.6 Å². The van der Waals surface area contributed by atoms with Gasteiger partial charge in [0.1, 0.15) is 41.5 Å². The third-order valence-corrected chi connectivity index (χ3v) is 11.5. The Labute approximate surface area is 275 Å². The Morgan fingerprint density at radius 2 is 1.94 bits per heavy atom. The molecule has 0 amide bonds. The summed E-state index contributed by atoms with van der Waals surface area (Å²) in [6.45, 7) is 1.92. The number of fused-ring (bicyclic) bond motifs is 7. The lowest BCUT2D eigenvalue weighted by Gasteiger charge is -2.43. The molecule has 4 saturated heterocycles. The molecule has 7 nitrogen and oxygen atoms in total. The average Bonchev–Trinajstić information content (AvgIpc) is 3.73. The Hall–Kier alpha value is -4.14. The van der Waals surface area contributed by atoms with Gasteiger partial charge in [0, 0.05) is 54.1 Å². The average molecular weight is 658 g/mol. The summed E-state index contributed by atoms with van der Waals surface area (Å²) in [4.78, 5) is 13.8. The van der Waals surface area contributed by atoms with E-state index in [-0.39, 0.29) is 64.1 Å². The lowest BCUT2D eigenvalue weighted by molar-refractivity contribution is 0.107. The fourth-order valence-corrected chi connectivity index (χ4v) is 9.47. The molecule has 0 spiro atoms. The van der Waals surface area contributed by atoms with Crippen LogP contribution in [0.25, 0.3) is 32.8 Å². The summed E-state index contributed by atoms with van der Waals surface area (Å²) in [6.07, 6.45) is 10.6. The maximum absolute atomic E-state index is 17.2. The number of ether oxygens (including phenoxy) is 1. The first-order valence-electron chi connectivity index (χ1n) is 16.9. The molecule has 0 unspecified atom stereocenters. The molecular formula is C37H35F4N5O2. The number of aromatic nitrogens is 2. The summed E-state index contributed by atoms with van der Waals surface area (Å²) in [5.41, 5.74) is -0.983. The van der Waals surface area contributed by atoms with Crippen molar-refractivity contribution >= 4 is 27.5 Å². The van der Waals surface area contributed by atoms with E-state index in [1.807, 2.05) is 0 Å². The Balaban J connectivity index is 1.28. The van der Waals surface area contributed by atoms with Crippen molar-refractivity contribution in [2.75, 3.05) is 31.1 Å². The Morgan fingerprint density at radius 1 is 1.06 bits per heavy atom. The van der Waals surface area contributed by atoms with Crippen LogP contribution in [0, 0.1) is 29.8 Å². The molecule has 5 aliphatic rings. The quantitative estimate of drug-likeness (QED) is 0.201. The monoisotopic (exact) mass is 657 g/mol. The molecule has 248 valence electrons. The number of anilines is 1. The first-order valence-corrected chi connectivity index (χ1v) is 16.9. The topological polar surface area (TPSA) is 73.8 Å². The fourth-order valence-electron chi connectivity index (χ4n) is 9.47. The summed E-state index contributed by atoms with van der Waals surface area (Å²) in [7, 11) is 0. The fraction of sp³-hybridized carbons (Fsp3) is 0.459. The molecule has 4 aromatic rings. The van der Waals surface area contributed by atoms with Gasteiger partial charge in [0.05, 0.1) is 22.1 Å². The number of phenolic OH excluding ortho intramolecular Hbond substituents is 1. The summed E-state index contributed by atoms with van der Waals surface area (Å²) in [6, 6.07) is 5.68. The van der Waals surface area contributed by atoms with Gasteiger partial charge in [0.2, 0.25) is 0 Å². The molecule has 2 bridgehead atoms. The lowest BCUT2D eigenvalue weighted by atomic mass is 9.87. The molecule has 0 saturated carbocycles. The smallest absolute Gasteiger partial charge is 0.319 e. The highest BCUT2D eigenvalue weighted by atomic mass is 19.1. The SMILES string of the molecule is C#Cc1c(F)ccc2cc(O)cc(-c3c(F)c4c5c(nc(OC[C@@]67CCCN6C[C@H](F)C7)nc5c3F)N3C[C@H]5CC[C@H](N5)[C@H]3CCC4)c12. The van der Waals surface area contributed by atoms with Crippen LogP contribution in [0.2, 0.25) is 0 Å². The number of halogens is 4. The minimum absolute atomic E-state index is 0.0511. The third kappa shape index (κ3) is 4.41. The number of piperazine rings is 1. The number of alkyl halides is 1. The number of hydrogen-bond acceptors (Lipinski definition) is 7. The van der Waals surface area contributed by atoms with Crippen molar-refractivity contribution in [2.45, 2.75) is 81.2 Å². The molecule has 4 fully saturated rings. The van der Waals surface area contributed by atoms with E-state index in [1.165, 1.54) is 24.3 Å². The van der Waals surface area contributed by atoms with Gasteiger partial charge in [-0.1, -0.05) is 12.0 Å². The first-order chi connectivity index (χ1) is 23.2. The maximum Gasteiger partial charge on any atom is 0.319 e. The lowest BCUT2D eigenvalue weighted by Crippen LogP contribution is -2.58. The van der Waals surface area contributed by atoms with Crippen molar-refractivity contribution in [3.63, 3.8) is 0 Å². The van der Waals surface area contributed by atoms with Crippen LogP contribution in [-0.2, 0) is 6.42 Å². The van der Waals surface area contributed by atoms with Crippen LogP contribution in [0.3, 0.4) is 0 Å². The first kappa shape index (κ1) is 30.0. The predicted octanol–water partition coefficient (Wildman–Crippen LogP) is 6.15.